The molecule has 2 aliphatic heterocycles. The molecule has 0 N–H and O–H groups in total. The molecule has 2 bridgehead atoms. The lowest BCUT2D eigenvalue weighted by Gasteiger charge is -2.51. The number of hydrogen-bond acceptors (Lipinski definition) is 9. The van der Waals surface area contributed by atoms with Crippen LogP contribution in [-0.4, -0.2) is 93.4 Å². The summed E-state index contributed by atoms with van der Waals surface area (Å²) >= 11 is 13.9. The fraction of sp³-hybridized carbons (Fsp3) is 0.500. The molecule has 56 heavy (non-hydrogen) atoms. The Morgan fingerprint density at radius 2 is 1.50 bits per heavy atom. The Hall–Kier alpha value is -4.14. The van der Waals surface area contributed by atoms with E-state index >= 15 is 4.79 Å². The Morgan fingerprint density at radius 3 is 2.11 bits per heavy atom. The summed E-state index contributed by atoms with van der Waals surface area (Å²) in [6.07, 6.45) is 1.96. The topological polar surface area (TPSA) is 111 Å². The van der Waals surface area contributed by atoms with Crippen LogP contribution in [0.15, 0.2) is 42.1 Å². The van der Waals surface area contributed by atoms with E-state index in [1.807, 2.05) is 6.92 Å². The van der Waals surface area contributed by atoms with Gasteiger partial charge < -0.3 is 28.7 Å². The number of benzene rings is 2. The predicted octanol–water partition coefficient (Wildman–Crippen LogP) is 9.07. The molecule has 2 atom stereocenters. The highest BCUT2D eigenvalue weighted by Crippen LogP contribution is 2.44. The minimum atomic E-state index is -0.957. The number of hydrogen-bond donors (Lipinski definition) is 0. The summed E-state index contributed by atoms with van der Waals surface area (Å²) in [5, 5.41) is 1.08. The number of ether oxygens (including phenoxy) is 4. The summed E-state index contributed by atoms with van der Waals surface area (Å²) in [6, 6.07) is 4.93. The molecular formula is C40H46Cl2F2N4O7S. The monoisotopic (exact) mass is 834 g/mol. The van der Waals surface area contributed by atoms with Crippen molar-refractivity contribution in [2.75, 3.05) is 26.3 Å². The summed E-state index contributed by atoms with van der Waals surface area (Å²) in [5.74, 6) is -1.59. The van der Waals surface area contributed by atoms with Gasteiger partial charge in [0.05, 0.1) is 27.0 Å². The number of piperazine rings is 1. The van der Waals surface area contributed by atoms with Crippen molar-refractivity contribution in [3.05, 3.63) is 79.8 Å². The van der Waals surface area contributed by atoms with Crippen molar-refractivity contribution >= 4 is 58.2 Å². The molecular weight excluding hydrogens is 789 g/mol. The molecule has 1 aromatic heterocycles. The van der Waals surface area contributed by atoms with Gasteiger partial charge in [0, 0.05) is 43.5 Å². The zero-order valence-electron chi connectivity index (χ0n) is 32.4. The van der Waals surface area contributed by atoms with E-state index in [0.717, 1.165) is 11.6 Å². The van der Waals surface area contributed by atoms with Gasteiger partial charge in [0.25, 0.3) is 11.1 Å². The lowest BCUT2D eigenvalue weighted by molar-refractivity contribution is -0.129. The minimum Gasteiger partial charge on any atom is -0.487 e. The van der Waals surface area contributed by atoms with Crippen molar-refractivity contribution in [1.82, 2.24) is 19.7 Å². The standard InChI is InChI=1S/C40H46Cl2F2N4O7S/c1-22-12-29(41)34(30(42)13-22)52-10-11-53-36-45-18-32(56-36)28-17-27-20-46(37(50)54-39(2,3)4)21-31(48(27)38(51)55-40(5,6)7)33(28)35(49)47(26-8-9-26)19-23-14-24(43)16-25(44)15-23/h12-16,18,26-27,31H,8-11,17,19-21H2,1-7H3/t27?,31-/m1/s1. The van der Waals surface area contributed by atoms with Crippen molar-refractivity contribution < 1.29 is 42.1 Å². The molecule has 1 saturated carbocycles. The molecule has 3 heterocycles. The van der Waals surface area contributed by atoms with Gasteiger partial charge in [-0.05, 0) is 109 Å². The average Bonchev–Trinajstić information content (AvgIpc) is 3.80. The highest BCUT2D eigenvalue weighted by Gasteiger charge is 2.51. The third-order valence-corrected chi connectivity index (χ3v) is 10.7. The second-order valence-corrected chi connectivity index (χ2v) is 18.0. The molecule has 11 nitrogen and oxygen atoms in total. The quantitative estimate of drug-likeness (QED) is 0.186. The van der Waals surface area contributed by atoms with Crippen molar-refractivity contribution in [2.45, 2.75) is 104 Å². The van der Waals surface area contributed by atoms with Crippen LogP contribution >= 0.6 is 34.5 Å². The Balaban J connectivity index is 1.36. The molecule has 6 rings (SSSR count). The van der Waals surface area contributed by atoms with E-state index in [1.165, 1.54) is 28.4 Å². The summed E-state index contributed by atoms with van der Waals surface area (Å²) in [7, 11) is 0. The average molecular weight is 836 g/mol. The molecule has 0 radical (unpaired) electrons. The molecule has 2 fully saturated rings. The first kappa shape index (κ1) is 41.5. The van der Waals surface area contributed by atoms with Crippen LogP contribution in [0.5, 0.6) is 10.9 Å². The third-order valence-electron chi connectivity index (χ3n) is 9.14. The number of aryl methyl sites for hydroxylation is 1. The molecule has 0 spiro atoms. The first-order valence-electron chi connectivity index (χ1n) is 18.4. The van der Waals surface area contributed by atoms with Crippen LogP contribution in [0.1, 0.15) is 76.8 Å². The van der Waals surface area contributed by atoms with Crippen LogP contribution in [0.4, 0.5) is 18.4 Å². The van der Waals surface area contributed by atoms with E-state index in [2.05, 4.69) is 4.98 Å². The Bertz CT molecular complexity index is 1980. The minimum absolute atomic E-state index is 0.0635. The molecule has 302 valence electrons. The highest BCUT2D eigenvalue weighted by atomic mass is 35.5. The van der Waals surface area contributed by atoms with Gasteiger partial charge in [-0.15, -0.1) is 0 Å². The van der Waals surface area contributed by atoms with E-state index in [0.29, 0.717) is 44.3 Å². The fourth-order valence-corrected chi connectivity index (χ4v) is 8.41. The van der Waals surface area contributed by atoms with Gasteiger partial charge in [-0.3, -0.25) is 9.69 Å². The number of nitrogens with zero attached hydrogens (tertiary/aromatic N) is 4. The van der Waals surface area contributed by atoms with Crippen LogP contribution < -0.4 is 9.47 Å². The molecule has 1 saturated heterocycles. The van der Waals surface area contributed by atoms with E-state index in [4.69, 9.17) is 42.1 Å². The lowest BCUT2D eigenvalue weighted by atomic mass is 9.83. The maximum absolute atomic E-state index is 15.1. The van der Waals surface area contributed by atoms with Gasteiger partial charge in [-0.2, -0.15) is 0 Å². The maximum atomic E-state index is 15.1. The Labute approximate surface area is 339 Å². The number of carbonyl (C=O) groups excluding carboxylic acids is 3. The first-order chi connectivity index (χ1) is 26.3. The van der Waals surface area contributed by atoms with Crippen LogP contribution in [-0.2, 0) is 20.8 Å². The normalized spacial score (nSPS) is 18.5. The highest BCUT2D eigenvalue weighted by molar-refractivity contribution is 7.14. The number of aromatic nitrogens is 1. The van der Waals surface area contributed by atoms with Gasteiger partial charge in [0.15, 0.2) is 5.75 Å². The second kappa shape index (κ2) is 16.4. The summed E-state index contributed by atoms with van der Waals surface area (Å²) in [5.41, 5.74) is 0.423. The van der Waals surface area contributed by atoms with Crippen LogP contribution in [0.25, 0.3) is 5.57 Å². The van der Waals surface area contributed by atoms with Crippen molar-refractivity contribution in [2.24, 2.45) is 0 Å². The zero-order valence-corrected chi connectivity index (χ0v) is 34.7. The Kier molecular flexibility index (Phi) is 12.1. The molecule has 3 amide bonds. The predicted molar refractivity (Wildman–Crippen MR) is 209 cm³/mol. The number of amides is 3. The second-order valence-electron chi connectivity index (χ2n) is 16.2. The summed E-state index contributed by atoms with van der Waals surface area (Å²) < 4.78 is 52.1. The Morgan fingerprint density at radius 1 is 0.893 bits per heavy atom. The third kappa shape index (κ3) is 10.0. The van der Waals surface area contributed by atoms with Gasteiger partial charge >= 0.3 is 12.2 Å². The lowest BCUT2D eigenvalue weighted by Crippen LogP contribution is -2.66. The first-order valence-corrected chi connectivity index (χ1v) is 20.0. The van der Waals surface area contributed by atoms with Gasteiger partial charge in [0.2, 0.25) is 0 Å². The summed E-state index contributed by atoms with van der Waals surface area (Å²) in [4.78, 5) is 52.5. The van der Waals surface area contributed by atoms with Crippen molar-refractivity contribution in [3.63, 3.8) is 0 Å². The number of fused-ring (bicyclic) bond motifs is 2. The smallest absolute Gasteiger partial charge is 0.411 e. The SMILES string of the molecule is Cc1cc(Cl)c(OCCOc2ncc(C3=C(C(=O)N(Cc4cc(F)cc(F)c4)C4CC4)[C@H]4CN(C(=O)OC(C)(C)C)CC(C3)N4C(=O)OC(C)(C)C)s2)c(Cl)c1. The van der Waals surface area contributed by atoms with Gasteiger partial charge in [0.1, 0.15) is 36.1 Å². The number of thiazole rings is 1. The fourth-order valence-electron chi connectivity index (χ4n) is 6.85. The largest absolute Gasteiger partial charge is 0.487 e. The van der Waals surface area contributed by atoms with E-state index < -0.39 is 53.0 Å². The number of rotatable bonds is 10. The molecule has 3 aromatic rings. The molecule has 16 heteroatoms. The van der Waals surface area contributed by atoms with Crippen molar-refractivity contribution in [1.29, 1.82) is 0 Å². The van der Waals surface area contributed by atoms with Gasteiger partial charge in [-0.1, -0.05) is 34.5 Å². The molecule has 1 aliphatic carbocycles. The molecule has 2 aromatic carbocycles. The number of carbonyl (C=O) groups is 3. The van der Waals surface area contributed by atoms with E-state index in [9.17, 15) is 18.4 Å². The molecule has 1 unspecified atom stereocenters. The van der Waals surface area contributed by atoms with Crippen molar-refractivity contribution in [3.8, 4) is 10.9 Å². The van der Waals surface area contributed by atoms with E-state index in [-0.39, 0.29) is 56.4 Å². The summed E-state index contributed by atoms with van der Waals surface area (Å²) in [6.45, 7) is 12.7. The van der Waals surface area contributed by atoms with Crippen LogP contribution in [0.3, 0.4) is 0 Å². The maximum Gasteiger partial charge on any atom is 0.411 e. The van der Waals surface area contributed by atoms with Gasteiger partial charge in [-0.25, -0.2) is 23.4 Å². The van der Waals surface area contributed by atoms with Crippen LogP contribution in [0.2, 0.25) is 10.0 Å². The molecule has 3 aliphatic rings. The zero-order chi connectivity index (χ0) is 40.7. The van der Waals surface area contributed by atoms with E-state index in [1.54, 1.807) is 69.7 Å². The number of halogens is 4. The van der Waals surface area contributed by atoms with Crippen LogP contribution in [0, 0.1) is 18.6 Å².